The molecule has 0 saturated heterocycles. The Hall–Kier alpha value is -2.44. The van der Waals surface area contributed by atoms with Gasteiger partial charge in [-0.05, 0) is 52.5 Å². The number of ether oxygens (including phenoxy) is 1. The minimum atomic E-state index is -0.760. The summed E-state index contributed by atoms with van der Waals surface area (Å²) in [5, 5.41) is 7.27. The Morgan fingerprint density at radius 2 is 2.08 bits per heavy atom. The number of carbonyl (C=O) groups excluding carboxylic acids is 2. The van der Waals surface area contributed by atoms with Crippen LogP contribution in [0, 0.1) is 20.8 Å². The SMILES string of the molecule is Cc1cc2nc(C)c(CCC(=O)O[C@H](C)C(=O)NC3CC3)c(C)n2n1. The van der Waals surface area contributed by atoms with Crippen LogP contribution >= 0.6 is 0 Å². The van der Waals surface area contributed by atoms with Crippen molar-refractivity contribution in [2.24, 2.45) is 0 Å². The van der Waals surface area contributed by atoms with Crippen LogP contribution in [-0.2, 0) is 20.7 Å². The van der Waals surface area contributed by atoms with E-state index in [1.54, 1.807) is 11.4 Å². The molecule has 1 amide bonds. The van der Waals surface area contributed by atoms with Crippen molar-refractivity contribution < 1.29 is 14.3 Å². The second kappa shape index (κ2) is 6.82. The second-order valence-electron chi connectivity index (χ2n) is 6.73. The predicted molar refractivity (Wildman–Crippen MR) is 92.2 cm³/mol. The summed E-state index contributed by atoms with van der Waals surface area (Å²) < 4.78 is 7.04. The second-order valence-corrected chi connectivity index (χ2v) is 6.73. The quantitative estimate of drug-likeness (QED) is 0.808. The maximum absolute atomic E-state index is 12.1. The van der Waals surface area contributed by atoms with Gasteiger partial charge in [0.05, 0.1) is 5.69 Å². The molecule has 7 nitrogen and oxygen atoms in total. The van der Waals surface area contributed by atoms with E-state index in [1.165, 1.54) is 0 Å². The van der Waals surface area contributed by atoms with E-state index in [1.807, 2.05) is 26.8 Å². The first-order chi connectivity index (χ1) is 11.8. The Labute approximate surface area is 146 Å². The Kier molecular flexibility index (Phi) is 4.74. The summed E-state index contributed by atoms with van der Waals surface area (Å²) in [6.45, 7) is 7.43. The predicted octanol–water partition coefficient (Wildman–Crippen LogP) is 1.80. The molecule has 1 saturated carbocycles. The maximum Gasteiger partial charge on any atom is 0.306 e. The third-order valence-corrected chi connectivity index (χ3v) is 4.47. The van der Waals surface area contributed by atoms with Crippen molar-refractivity contribution in [2.45, 2.75) is 65.5 Å². The standard InChI is InChI=1S/C18H24N4O3/c1-10-9-16-19-11(2)15(12(3)22(16)21-10)7-8-17(23)25-13(4)18(24)20-14-5-6-14/h9,13-14H,5-8H2,1-4H3,(H,20,24)/t13-/m1/s1. The summed E-state index contributed by atoms with van der Waals surface area (Å²) in [6, 6.07) is 2.19. The number of rotatable bonds is 6. The van der Waals surface area contributed by atoms with Crippen LogP contribution < -0.4 is 5.32 Å². The Morgan fingerprint density at radius 1 is 1.36 bits per heavy atom. The van der Waals surface area contributed by atoms with Gasteiger partial charge in [-0.25, -0.2) is 9.50 Å². The Bertz CT molecular complexity index is 823. The summed E-state index contributed by atoms with van der Waals surface area (Å²) in [5.74, 6) is -0.604. The number of hydrogen-bond acceptors (Lipinski definition) is 5. The van der Waals surface area contributed by atoms with Crippen LogP contribution in [0.1, 0.15) is 48.8 Å². The molecule has 7 heteroatoms. The van der Waals surface area contributed by atoms with E-state index in [0.29, 0.717) is 6.42 Å². The van der Waals surface area contributed by atoms with Crippen LogP contribution in [-0.4, -0.2) is 38.6 Å². The fraction of sp³-hybridized carbons (Fsp3) is 0.556. The molecule has 1 aliphatic rings. The number of hydrogen-bond donors (Lipinski definition) is 1. The fourth-order valence-electron chi connectivity index (χ4n) is 2.89. The summed E-state index contributed by atoms with van der Waals surface area (Å²) in [4.78, 5) is 28.5. The minimum Gasteiger partial charge on any atom is -0.453 e. The third kappa shape index (κ3) is 3.97. The zero-order valence-electron chi connectivity index (χ0n) is 15.1. The molecule has 1 aliphatic carbocycles. The van der Waals surface area contributed by atoms with Crippen molar-refractivity contribution >= 4 is 17.5 Å². The molecule has 0 unspecified atom stereocenters. The van der Waals surface area contributed by atoms with Crippen molar-refractivity contribution in [1.82, 2.24) is 19.9 Å². The smallest absolute Gasteiger partial charge is 0.306 e. The highest BCUT2D eigenvalue weighted by Crippen LogP contribution is 2.19. The van der Waals surface area contributed by atoms with Crippen molar-refractivity contribution in [1.29, 1.82) is 0 Å². The summed E-state index contributed by atoms with van der Waals surface area (Å²) in [5.41, 5.74) is 4.56. The lowest BCUT2D eigenvalue weighted by molar-refractivity contribution is -0.154. The van der Waals surface area contributed by atoms with Gasteiger partial charge in [-0.1, -0.05) is 0 Å². The lowest BCUT2D eigenvalue weighted by Crippen LogP contribution is -2.37. The number of esters is 1. The van der Waals surface area contributed by atoms with Gasteiger partial charge in [0.15, 0.2) is 11.8 Å². The van der Waals surface area contributed by atoms with Gasteiger partial charge >= 0.3 is 5.97 Å². The number of fused-ring (bicyclic) bond motifs is 1. The Morgan fingerprint density at radius 3 is 2.76 bits per heavy atom. The number of nitrogens with one attached hydrogen (secondary N) is 1. The molecule has 0 spiro atoms. The molecular weight excluding hydrogens is 320 g/mol. The maximum atomic E-state index is 12.1. The summed E-state index contributed by atoms with van der Waals surface area (Å²) >= 11 is 0. The molecule has 134 valence electrons. The van der Waals surface area contributed by atoms with Gasteiger partial charge in [0.2, 0.25) is 0 Å². The Balaban J connectivity index is 1.61. The fourth-order valence-corrected chi connectivity index (χ4v) is 2.89. The van der Waals surface area contributed by atoms with E-state index >= 15 is 0 Å². The molecule has 25 heavy (non-hydrogen) atoms. The molecule has 1 fully saturated rings. The van der Waals surface area contributed by atoms with Gasteiger partial charge in [0.25, 0.3) is 5.91 Å². The number of carbonyl (C=O) groups is 2. The highest BCUT2D eigenvalue weighted by Gasteiger charge is 2.27. The topological polar surface area (TPSA) is 85.6 Å². The first kappa shape index (κ1) is 17.4. The molecule has 2 aromatic heterocycles. The summed E-state index contributed by atoms with van der Waals surface area (Å²) in [7, 11) is 0. The van der Waals surface area contributed by atoms with E-state index in [-0.39, 0.29) is 24.3 Å². The van der Waals surface area contributed by atoms with Crippen molar-refractivity contribution in [3.8, 4) is 0 Å². The van der Waals surface area contributed by atoms with E-state index in [2.05, 4.69) is 15.4 Å². The average molecular weight is 344 g/mol. The van der Waals surface area contributed by atoms with Crippen LogP contribution in [0.15, 0.2) is 6.07 Å². The summed E-state index contributed by atoms with van der Waals surface area (Å²) in [6.07, 6.45) is 1.97. The van der Waals surface area contributed by atoms with Crippen molar-refractivity contribution in [2.75, 3.05) is 0 Å². The van der Waals surface area contributed by atoms with E-state index < -0.39 is 6.10 Å². The van der Waals surface area contributed by atoms with Gasteiger partial charge in [0.1, 0.15) is 0 Å². The number of amides is 1. The van der Waals surface area contributed by atoms with Crippen LogP contribution in [0.2, 0.25) is 0 Å². The molecule has 1 atom stereocenters. The van der Waals surface area contributed by atoms with Crippen LogP contribution in [0.25, 0.3) is 5.65 Å². The molecular formula is C18H24N4O3. The highest BCUT2D eigenvalue weighted by molar-refractivity contribution is 5.83. The molecule has 0 radical (unpaired) electrons. The van der Waals surface area contributed by atoms with Crippen LogP contribution in [0.3, 0.4) is 0 Å². The number of aryl methyl sites for hydroxylation is 3. The normalized spacial score (nSPS) is 15.2. The van der Waals surface area contributed by atoms with Gasteiger partial charge in [-0.3, -0.25) is 9.59 Å². The number of nitrogens with zero attached hydrogens (tertiary/aromatic N) is 3. The van der Waals surface area contributed by atoms with Crippen LogP contribution in [0.5, 0.6) is 0 Å². The largest absolute Gasteiger partial charge is 0.453 e. The van der Waals surface area contributed by atoms with Gasteiger partial charge in [-0.2, -0.15) is 5.10 Å². The van der Waals surface area contributed by atoms with Gasteiger partial charge in [-0.15, -0.1) is 0 Å². The molecule has 3 rings (SSSR count). The lowest BCUT2D eigenvalue weighted by atomic mass is 10.1. The first-order valence-electron chi connectivity index (χ1n) is 8.67. The zero-order chi connectivity index (χ0) is 18.1. The van der Waals surface area contributed by atoms with Crippen LogP contribution in [0.4, 0.5) is 0 Å². The van der Waals surface area contributed by atoms with Gasteiger partial charge < -0.3 is 10.1 Å². The molecule has 2 aromatic rings. The van der Waals surface area contributed by atoms with Crippen molar-refractivity contribution in [3.05, 3.63) is 28.7 Å². The average Bonchev–Trinajstić information content (AvgIpc) is 3.27. The first-order valence-corrected chi connectivity index (χ1v) is 8.67. The monoisotopic (exact) mass is 344 g/mol. The lowest BCUT2D eigenvalue weighted by Gasteiger charge is -2.14. The molecule has 0 bridgehead atoms. The minimum absolute atomic E-state index is 0.205. The zero-order valence-corrected chi connectivity index (χ0v) is 15.1. The highest BCUT2D eigenvalue weighted by atomic mass is 16.5. The number of aromatic nitrogens is 3. The third-order valence-electron chi connectivity index (χ3n) is 4.47. The van der Waals surface area contributed by atoms with E-state index in [4.69, 9.17) is 4.74 Å². The molecule has 1 N–H and O–H groups in total. The van der Waals surface area contributed by atoms with E-state index in [0.717, 1.165) is 41.1 Å². The van der Waals surface area contributed by atoms with Gasteiger partial charge in [0, 0.05) is 29.9 Å². The molecule has 2 heterocycles. The van der Waals surface area contributed by atoms with Crippen molar-refractivity contribution in [3.63, 3.8) is 0 Å². The molecule has 0 aliphatic heterocycles. The molecule has 0 aromatic carbocycles. The van der Waals surface area contributed by atoms with E-state index in [9.17, 15) is 9.59 Å².